The predicted molar refractivity (Wildman–Crippen MR) is 82.8 cm³/mol. The molecule has 0 aliphatic carbocycles. The van der Waals surface area contributed by atoms with E-state index in [9.17, 15) is 9.59 Å². The molecule has 22 heavy (non-hydrogen) atoms. The van der Waals surface area contributed by atoms with Gasteiger partial charge in [-0.25, -0.2) is 0 Å². The molecule has 0 aliphatic rings. The van der Waals surface area contributed by atoms with E-state index >= 15 is 0 Å². The summed E-state index contributed by atoms with van der Waals surface area (Å²) in [5.74, 6) is -0.203. The van der Waals surface area contributed by atoms with Gasteiger partial charge in [0, 0.05) is 17.7 Å². The zero-order chi connectivity index (χ0) is 16.3. The van der Waals surface area contributed by atoms with Gasteiger partial charge in [-0.2, -0.15) is 0 Å². The molecule has 0 bridgehead atoms. The number of aliphatic carboxylic acids is 1. The number of hydrogen-bond acceptors (Lipinski definition) is 3. The first-order valence-corrected chi connectivity index (χ1v) is 7.12. The van der Waals surface area contributed by atoms with Crippen LogP contribution in [0.4, 0.5) is 0 Å². The van der Waals surface area contributed by atoms with Crippen molar-refractivity contribution in [3.63, 3.8) is 0 Å². The second-order valence-electron chi connectivity index (χ2n) is 5.07. The first-order chi connectivity index (χ1) is 10.5. The molecule has 0 aliphatic heterocycles. The van der Waals surface area contributed by atoms with Gasteiger partial charge in [0.15, 0.2) is 0 Å². The van der Waals surface area contributed by atoms with E-state index in [0.29, 0.717) is 23.6 Å². The molecular weight excluding hydrogens is 282 g/mol. The van der Waals surface area contributed by atoms with Crippen LogP contribution < -0.4 is 0 Å². The largest absolute Gasteiger partial charge is 0.480 e. The van der Waals surface area contributed by atoms with E-state index in [2.05, 4.69) is 0 Å². The Morgan fingerprint density at radius 2 is 1.82 bits per heavy atom. The van der Waals surface area contributed by atoms with Gasteiger partial charge >= 0.3 is 5.97 Å². The van der Waals surface area contributed by atoms with Crippen molar-refractivity contribution in [2.45, 2.75) is 20.8 Å². The van der Waals surface area contributed by atoms with Gasteiger partial charge in [-0.1, -0.05) is 30.3 Å². The van der Waals surface area contributed by atoms with Crippen LogP contribution in [-0.2, 0) is 4.79 Å². The normalized spacial score (nSPS) is 10.5. The average molecular weight is 301 g/mol. The van der Waals surface area contributed by atoms with Gasteiger partial charge in [0.05, 0.1) is 5.56 Å². The molecule has 5 heteroatoms. The molecule has 0 radical (unpaired) electrons. The summed E-state index contributed by atoms with van der Waals surface area (Å²) in [5, 5.41) is 8.95. The summed E-state index contributed by atoms with van der Waals surface area (Å²) in [6.07, 6.45) is 0. The van der Waals surface area contributed by atoms with Gasteiger partial charge in [0.25, 0.3) is 5.91 Å². The van der Waals surface area contributed by atoms with Gasteiger partial charge < -0.3 is 14.4 Å². The van der Waals surface area contributed by atoms with Crippen molar-refractivity contribution < 1.29 is 19.1 Å². The Labute approximate surface area is 129 Å². The molecule has 0 saturated heterocycles. The van der Waals surface area contributed by atoms with Crippen molar-refractivity contribution in [2.75, 3.05) is 13.1 Å². The van der Waals surface area contributed by atoms with Crippen LogP contribution in [-0.4, -0.2) is 35.0 Å². The minimum Gasteiger partial charge on any atom is -0.480 e. The number of carboxylic acid groups (broad SMARTS) is 1. The van der Waals surface area contributed by atoms with Crippen LogP contribution >= 0.6 is 0 Å². The number of benzene rings is 1. The Hall–Kier alpha value is -2.56. The van der Waals surface area contributed by atoms with Crippen LogP contribution in [0.1, 0.15) is 28.6 Å². The van der Waals surface area contributed by atoms with Crippen LogP contribution in [0, 0.1) is 13.8 Å². The Morgan fingerprint density at radius 3 is 2.36 bits per heavy atom. The third kappa shape index (κ3) is 3.03. The van der Waals surface area contributed by atoms with E-state index in [1.54, 1.807) is 13.8 Å². The fourth-order valence-corrected chi connectivity index (χ4v) is 2.33. The summed E-state index contributed by atoms with van der Waals surface area (Å²) < 4.78 is 5.76. The number of carbonyl (C=O) groups excluding carboxylic acids is 1. The molecule has 1 aromatic carbocycles. The van der Waals surface area contributed by atoms with Gasteiger partial charge in [-0.05, 0) is 20.8 Å². The molecule has 0 atom stereocenters. The Bertz CT molecular complexity index is 688. The number of carbonyl (C=O) groups is 2. The van der Waals surface area contributed by atoms with Crippen LogP contribution in [0.2, 0.25) is 0 Å². The molecule has 1 N–H and O–H groups in total. The highest BCUT2D eigenvalue weighted by atomic mass is 16.4. The lowest BCUT2D eigenvalue weighted by atomic mass is 10.0. The molecule has 1 heterocycles. The van der Waals surface area contributed by atoms with Gasteiger partial charge in [0.1, 0.15) is 18.1 Å². The third-order valence-electron chi connectivity index (χ3n) is 3.63. The SMILES string of the molecule is CCN(CC(=O)O)C(=O)c1c(-c2ccccc2)oc(C)c1C. The van der Waals surface area contributed by atoms with Crippen LogP contribution in [0.5, 0.6) is 0 Å². The number of nitrogens with zero attached hydrogens (tertiary/aromatic N) is 1. The molecule has 0 saturated carbocycles. The molecule has 2 aromatic rings. The van der Waals surface area contributed by atoms with E-state index in [4.69, 9.17) is 9.52 Å². The Balaban J connectivity index is 2.50. The molecule has 1 amide bonds. The number of amides is 1. The second-order valence-corrected chi connectivity index (χ2v) is 5.07. The Kier molecular flexibility index (Phi) is 4.65. The van der Waals surface area contributed by atoms with Crippen molar-refractivity contribution in [3.05, 3.63) is 47.2 Å². The fourth-order valence-electron chi connectivity index (χ4n) is 2.33. The highest BCUT2D eigenvalue weighted by Crippen LogP contribution is 2.31. The monoisotopic (exact) mass is 301 g/mol. The minimum atomic E-state index is -1.03. The molecule has 116 valence electrons. The van der Waals surface area contributed by atoms with Gasteiger partial charge in [-0.15, -0.1) is 0 Å². The number of aryl methyl sites for hydroxylation is 1. The van der Waals surface area contributed by atoms with Crippen molar-refractivity contribution in [2.24, 2.45) is 0 Å². The average Bonchev–Trinajstić information content (AvgIpc) is 2.80. The summed E-state index contributed by atoms with van der Waals surface area (Å²) in [5.41, 5.74) is 1.98. The number of rotatable bonds is 5. The highest BCUT2D eigenvalue weighted by Gasteiger charge is 2.26. The molecule has 0 unspecified atom stereocenters. The topological polar surface area (TPSA) is 70.8 Å². The lowest BCUT2D eigenvalue weighted by molar-refractivity contribution is -0.137. The molecule has 0 spiro atoms. The highest BCUT2D eigenvalue weighted by molar-refractivity contribution is 6.02. The maximum atomic E-state index is 12.7. The smallest absolute Gasteiger partial charge is 0.323 e. The third-order valence-corrected chi connectivity index (χ3v) is 3.63. The van der Waals surface area contributed by atoms with Gasteiger partial charge in [0.2, 0.25) is 0 Å². The molecule has 1 aromatic heterocycles. The zero-order valence-corrected chi connectivity index (χ0v) is 12.9. The zero-order valence-electron chi connectivity index (χ0n) is 12.9. The number of furan rings is 1. The summed E-state index contributed by atoms with van der Waals surface area (Å²) in [6, 6.07) is 9.34. The number of likely N-dealkylation sites (N-methyl/N-ethyl adjacent to an activating group) is 1. The van der Waals surface area contributed by atoms with E-state index < -0.39 is 5.97 Å². The molecule has 5 nitrogen and oxygen atoms in total. The minimum absolute atomic E-state index is 0.321. The fraction of sp³-hybridized carbons (Fsp3) is 0.294. The van der Waals surface area contributed by atoms with Crippen LogP contribution in [0.25, 0.3) is 11.3 Å². The maximum absolute atomic E-state index is 12.7. The van der Waals surface area contributed by atoms with Crippen molar-refractivity contribution in [1.29, 1.82) is 0 Å². The number of hydrogen-bond donors (Lipinski definition) is 1. The molecule has 2 rings (SSSR count). The molecular formula is C17H19NO4. The summed E-state index contributed by atoms with van der Waals surface area (Å²) in [6.45, 7) is 5.36. The second kappa shape index (κ2) is 6.47. The van der Waals surface area contributed by atoms with Gasteiger partial charge in [-0.3, -0.25) is 9.59 Å². The lowest BCUT2D eigenvalue weighted by Crippen LogP contribution is -2.35. The summed E-state index contributed by atoms with van der Waals surface area (Å²) in [7, 11) is 0. The van der Waals surface area contributed by atoms with E-state index in [0.717, 1.165) is 11.1 Å². The number of carboxylic acids is 1. The van der Waals surface area contributed by atoms with Crippen LogP contribution in [0.15, 0.2) is 34.7 Å². The predicted octanol–water partition coefficient (Wildman–Crippen LogP) is 3.11. The summed E-state index contributed by atoms with van der Waals surface area (Å²) in [4.78, 5) is 25.0. The quantitative estimate of drug-likeness (QED) is 0.921. The van der Waals surface area contributed by atoms with Crippen molar-refractivity contribution in [3.8, 4) is 11.3 Å². The Morgan fingerprint density at radius 1 is 1.18 bits per heavy atom. The van der Waals surface area contributed by atoms with E-state index in [-0.39, 0.29) is 12.5 Å². The first kappa shape index (κ1) is 15.8. The summed E-state index contributed by atoms with van der Waals surface area (Å²) >= 11 is 0. The standard InChI is InChI=1S/C17H19NO4/c1-4-18(10-14(19)20)17(21)15-11(2)12(3)22-16(15)13-8-6-5-7-9-13/h5-9H,4,10H2,1-3H3,(H,19,20). The van der Waals surface area contributed by atoms with E-state index in [1.807, 2.05) is 37.3 Å². The molecule has 0 fully saturated rings. The van der Waals surface area contributed by atoms with Crippen molar-refractivity contribution >= 4 is 11.9 Å². The van der Waals surface area contributed by atoms with Crippen molar-refractivity contribution in [1.82, 2.24) is 4.90 Å². The van der Waals surface area contributed by atoms with Crippen LogP contribution in [0.3, 0.4) is 0 Å². The maximum Gasteiger partial charge on any atom is 0.323 e. The lowest BCUT2D eigenvalue weighted by Gasteiger charge is -2.19. The van der Waals surface area contributed by atoms with E-state index in [1.165, 1.54) is 4.90 Å². The first-order valence-electron chi connectivity index (χ1n) is 7.12.